The highest BCUT2D eigenvalue weighted by atomic mass is 35.5. The van der Waals surface area contributed by atoms with E-state index in [1.54, 1.807) is 7.11 Å². The van der Waals surface area contributed by atoms with E-state index in [9.17, 15) is 0 Å². The predicted octanol–water partition coefficient (Wildman–Crippen LogP) is 7.35. The second-order valence-electron chi connectivity index (χ2n) is 6.87. The summed E-state index contributed by atoms with van der Waals surface area (Å²) in [5, 5.41) is 7.02. The van der Waals surface area contributed by atoms with Crippen molar-refractivity contribution in [1.82, 2.24) is 0 Å². The number of hydrogen-bond donors (Lipinski definition) is 1. The van der Waals surface area contributed by atoms with E-state index in [1.807, 2.05) is 54.6 Å². The predicted molar refractivity (Wildman–Crippen MR) is 125 cm³/mol. The van der Waals surface area contributed by atoms with Crippen molar-refractivity contribution in [3.8, 4) is 11.5 Å². The molecule has 4 aromatic carbocycles. The molecular weight excluding hydrogens is 417 g/mol. The zero-order valence-electron chi connectivity index (χ0n) is 16.5. The Kier molecular flexibility index (Phi) is 6.32. The lowest BCUT2D eigenvalue weighted by Gasteiger charge is -2.16. The van der Waals surface area contributed by atoms with Gasteiger partial charge in [0.15, 0.2) is 11.5 Å². The third kappa shape index (κ3) is 4.48. The van der Waals surface area contributed by atoms with Crippen molar-refractivity contribution in [3.63, 3.8) is 0 Å². The van der Waals surface area contributed by atoms with Gasteiger partial charge in [0.1, 0.15) is 6.61 Å². The first-order valence-electron chi connectivity index (χ1n) is 9.60. The molecule has 4 rings (SSSR count). The van der Waals surface area contributed by atoms with Gasteiger partial charge in [0.25, 0.3) is 0 Å². The van der Waals surface area contributed by atoms with E-state index in [0.29, 0.717) is 34.7 Å². The van der Waals surface area contributed by atoms with Crippen molar-refractivity contribution in [2.45, 2.75) is 13.2 Å². The molecule has 0 saturated carbocycles. The van der Waals surface area contributed by atoms with Crippen LogP contribution in [0.15, 0.2) is 78.9 Å². The SMILES string of the molecule is COc1cc(CNc2cccc3ccccc23)cc(Cl)c1OCc1ccccc1Cl. The van der Waals surface area contributed by atoms with Gasteiger partial charge in [-0.15, -0.1) is 0 Å². The number of rotatable bonds is 7. The molecule has 0 saturated heterocycles. The van der Waals surface area contributed by atoms with Crippen molar-refractivity contribution in [2.24, 2.45) is 0 Å². The van der Waals surface area contributed by atoms with Crippen molar-refractivity contribution < 1.29 is 9.47 Å². The van der Waals surface area contributed by atoms with Crippen LogP contribution in [-0.4, -0.2) is 7.11 Å². The first-order valence-corrected chi connectivity index (χ1v) is 10.4. The maximum absolute atomic E-state index is 6.53. The molecule has 0 heterocycles. The fraction of sp³-hybridized carbons (Fsp3) is 0.120. The third-order valence-corrected chi connectivity index (χ3v) is 5.54. The van der Waals surface area contributed by atoms with Gasteiger partial charge in [-0.25, -0.2) is 0 Å². The summed E-state index contributed by atoms with van der Waals surface area (Å²) in [6.07, 6.45) is 0. The average molecular weight is 438 g/mol. The Morgan fingerprint density at radius 1 is 0.833 bits per heavy atom. The van der Waals surface area contributed by atoms with E-state index in [1.165, 1.54) is 10.8 Å². The Labute approximate surface area is 186 Å². The van der Waals surface area contributed by atoms with Gasteiger partial charge < -0.3 is 14.8 Å². The van der Waals surface area contributed by atoms with Gasteiger partial charge in [0.2, 0.25) is 0 Å². The van der Waals surface area contributed by atoms with Crippen LogP contribution in [-0.2, 0) is 13.2 Å². The zero-order valence-corrected chi connectivity index (χ0v) is 18.0. The van der Waals surface area contributed by atoms with E-state index in [2.05, 4.69) is 29.6 Å². The summed E-state index contributed by atoms with van der Waals surface area (Å²) >= 11 is 12.7. The summed E-state index contributed by atoms with van der Waals surface area (Å²) in [7, 11) is 1.61. The molecule has 0 aromatic heterocycles. The molecule has 0 amide bonds. The summed E-state index contributed by atoms with van der Waals surface area (Å²) in [6, 6.07) is 25.9. The number of benzene rings is 4. The van der Waals surface area contributed by atoms with Crippen molar-refractivity contribution in [1.29, 1.82) is 0 Å². The smallest absolute Gasteiger partial charge is 0.180 e. The van der Waals surface area contributed by atoms with Crippen LogP contribution < -0.4 is 14.8 Å². The molecule has 5 heteroatoms. The second kappa shape index (κ2) is 9.29. The largest absolute Gasteiger partial charge is 0.493 e. The average Bonchev–Trinajstić information content (AvgIpc) is 2.77. The number of nitrogens with one attached hydrogen (secondary N) is 1. The number of methoxy groups -OCH3 is 1. The molecule has 3 nitrogen and oxygen atoms in total. The van der Waals surface area contributed by atoms with Crippen LogP contribution in [0.25, 0.3) is 10.8 Å². The Morgan fingerprint density at radius 3 is 2.43 bits per heavy atom. The molecule has 4 aromatic rings. The van der Waals surface area contributed by atoms with Gasteiger partial charge in [-0.3, -0.25) is 0 Å². The number of halogens is 2. The summed E-state index contributed by atoms with van der Waals surface area (Å²) in [5.74, 6) is 1.09. The molecular formula is C25H21Cl2NO2. The molecule has 0 fully saturated rings. The molecule has 0 aliphatic rings. The second-order valence-corrected chi connectivity index (χ2v) is 7.68. The van der Waals surface area contributed by atoms with Gasteiger partial charge in [0.05, 0.1) is 12.1 Å². The number of ether oxygens (including phenoxy) is 2. The summed E-state index contributed by atoms with van der Waals surface area (Å²) < 4.78 is 11.5. The van der Waals surface area contributed by atoms with E-state index in [0.717, 1.165) is 16.8 Å². The Bertz CT molecular complexity index is 1170. The topological polar surface area (TPSA) is 30.5 Å². The lowest BCUT2D eigenvalue weighted by molar-refractivity contribution is 0.284. The quantitative estimate of drug-likeness (QED) is 0.327. The van der Waals surface area contributed by atoms with E-state index in [4.69, 9.17) is 32.7 Å². The number of anilines is 1. The van der Waals surface area contributed by atoms with Crippen molar-refractivity contribution in [3.05, 3.63) is 100 Å². The zero-order chi connectivity index (χ0) is 20.9. The molecule has 30 heavy (non-hydrogen) atoms. The summed E-state index contributed by atoms with van der Waals surface area (Å²) in [5.41, 5.74) is 2.95. The standard InChI is InChI=1S/C25H21Cl2NO2/c1-29-24-14-17(15-28-23-12-6-9-18-7-2-4-10-20(18)23)13-22(27)25(24)30-16-19-8-3-5-11-21(19)26/h2-14,28H,15-16H2,1H3. The maximum atomic E-state index is 6.53. The highest BCUT2D eigenvalue weighted by Crippen LogP contribution is 2.37. The van der Waals surface area contributed by atoms with Crippen LogP contribution in [0, 0.1) is 0 Å². The normalized spacial score (nSPS) is 10.8. The molecule has 0 atom stereocenters. The Balaban J connectivity index is 1.52. The van der Waals surface area contributed by atoms with Crippen LogP contribution in [0.5, 0.6) is 11.5 Å². The van der Waals surface area contributed by atoms with Crippen molar-refractivity contribution in [2.75, 3.05) is 12.4 Å². The minimum absolute atomic E-state index is 0.309. The van der Waals surface area contributed by atoms with Crippen LogP contribution in [0.4, 0.5) is 5.69 Å². The third-order valence-electron chi connectivity index (χ3n) is 4.89. The molecule has 152 valence electrons. The van der Waals surface area contributed by atoms with Crippen molar-refractivity contribution >= 4 is 39.7 Å². The highest BCUT2D eigenvalue weighted by molar-refractivity contribution is 6.32. The molecule has 0 spiro atoms. The van der Waals surface area contributed by atoms with E-state index in [-0.39, 0.29) is 0 Å². The lowest BCUT2D eigenvalue weighted by atomic mass is 10.1. The maximum Gasteiger partial charge on any atom is 0.180 e. The Hall–Kier alpha value is -2.88. The van der Waals surface area contributed by atoms with Gasteiger partial charge >= 0.3 is 0 Å². The summed E-state index contributed by atoms with van der Waals surface area (Å²) in [4.78, 5) is 0. The van der Waals surface area contributed by atoms with Crippen LogP contribution in [0.2, 0.25) is 10.0 Å². The number of fused-ring (bicyclic) bond motifs is 1. The van der Waals surface area contributed by atoms with Crippen LogP contribution in [0.1, 0.15) is 11.1 Å². The van der Waals surface area contributed by atoms with Gasteiger partial charge in [0, 0.05) is 28.2 Å². The minimum Gasteiger partial charge on any atom is -0.493 e. The minimum atomic E-state index is 0.309. The number of hydrogen-bond acceptors (Lipinski definition) is 3. The molecule has 0 radical (unpaired) electrons. The molecule has 0 unspecified atom stereocenters. The fourth-order valence-corrected chi connectivity index (χ4v) is 3.84. The molecule has 0 bridgehead atoms. The van der Waals surface area contributed by atoms with E-state index < -0.39 is 0 Å². The molecule has 0 aliphatic heterocycles. The molecule has 0 aliphatic carbocycles. The first-order chi connectivity index (χ1) is 14.7. The van der Waals surface area contributed by atoms with E-state index >= 15 is 0 Å². The fourth-order valence-electron chi connectivity index (χ4n) is 3.36. The van der Waals surface area contributed by atoms with Gasteiger partial charge in [-0.2, -0.15) is 0 Å². The molecule has 1 N–H and O–H groups in total. The van der Waals surface area contributed by atoms with Crippen LogP contribution >= 0.6 is 23.2 Å². The summed E-state index contributed by atoms with van der Waals surface area (Å²) in [6.45, 7) is 0.915. The lowest BCUT2D eigenvalue weighted by Crippen LogP contribution is -2.03. The van der Waals surface area contributed by atoms with Gasteiger partial charge in [-0.1, -0.05) is 77.8 Å². The Morgan fingerprint density at radius 2 is 1.60 bits per heavy atom. The highest BCUT2D eigenvalue weighted by Gasteiger charge is 2.13. The first kappa shape index (κ1) is 20.4. The monoisotopic (exact) mass is 437 g/mol. The van der Waals surface area contributed by atoms with Gasteiger partial charge in [-0.05, 0) is 35.2 Å². The van der Waals surface area contributed by atoms with Crippen LogP contribution in [0.3, 0.4) is 0 Å².